The summed E-state index contributed by atoms with van der Waals surface area (Å²) in [5, 5.41) is 10.8. The Bertz CT molecular complexity index is 952. The number of fused-ring (bicyclic) bond motifs is 1. The maximum Gasteiger partial charge on any atom is 0.254 e. The lowest BCUT2D eigenvalue weighted by molar-refractivity contribution is 0.00413. The highest BCUT2D eigenvalue weighted by Gasteiger charge is 2.39. The van der Waals surface area contributed by atoms with Crippen molar-refractivity contribution in [1.82, 2.24) is 14.9 Å². The van der Waals surface area contributed by atoms with Crippen LogP contribution < -0.4 is 4.74 Å². The maximum absolute atomic E-state index is 12.8. The number of imidazole rings is 1. The maximum atomic E-state index is 12.8. The topological polar surface area (TPSA) is 78.5 Å². The fourth-order valence-electron chi connectivity index (χ4n) is 3.33. The number of benzene rings is 2. The van der Waals surface area contributed by atoms with Gasteiger partial charge < -0.3 is 19.7 Å². The molecule has 1 atom stereocenters. The lowest BCUT2D eigenvalue weighted by Gasteiger charge is -2.24. The molecule has 134 valence electrons. The summed E-state index contributed by atoms with van der Waals surface area (Å²) < 4.78 is 5.80. The summed E-state index contributed by atoms with van der Waals surface area (Å²) in [4.78, 5) is 21.6. The molecule has 0 spiro atoms. The van der Waals surface area contributed by atoms with Crippen LogP contribution in [0.1, 0.15) is 22.3 Å². The predicted octanol–water partition coefficient (Wildman–Crippen LogP) is 2.53. The highest BCUT2D eigenvalue weighted by molar-refractivity contribution is 5.97. The number of amides is 1. The molecule has 0 radical (unpaired) electrons. The number of rotatable bonds is 4. The molecule has 1 aliphatic heterocycles. The number of hydrogen-bond acceptors (Lipinski definition) is 4. The Balaban J connectivity index is 1.43. The summed E-state index contributed by atoms with van der Waals surface area (Å²) in [6, 6.07) is 13.1. The fourth-order valence-corrected chi connectivity index (χ4v) is 3.33. The minimum Gasteiger partial charge on any atom is -0.490 e. The van der Waals surface area contributed by atoms with E-state index in [-0.39, 0.29) is 19.1 Å². The number of carbonyl (C=O) groups excluding carboxylic acids is 1. The van der Waals surface area contributed by atoms with Gasteiger partial charge in [0.1, 0.15) is 18.0 Å². The first kappa shape index (κ1) is 16.6. The smallest absolute Gasteiger partial charge is 0.254 e. The number of likely N-dealkylation sites (tertiary alicyclic amines) is 1. The zero-order valence-electron chi connectivity index (χ0n) is 14.6. The molecule has 1 fully saturated rings. The second kappa shape index (κ2) is 6.46. The Kier molecular flexibility index (Phi) is 4.12. The van der Waals surface area contributed by atoms with Crippen molar-refractivity contribution in [3.63, 3.8) is 0 Å². The zero-order chi connectivity index (χ0) is 18.1. The molecule has 2 aromatic carbocycles. The molecule has 3 aromatic rings. The second-order valence-electron chi connectivity index (χ2n) is 6.89. The Morgan fingerprint density at radius 1 is 1.35 bits per heavy atom. The highest BCUT2D eigenvalue weighted by Crippen LogP contribution is 2.26. The number of para-hydroxylation sites is 1. The number of aliphatic hydroxyl groups is 1. The molecule has 2 N–H and O–H groups in total. The predicted molar refractivity (Wildman–Crippen MR) is 98.2 cm³/mol. The first-order valence-corrected chi connectivity index (χ1v) is 8.67. The molecule has 0 bridgehead atoms. The van der Waals surface area contributed by atoms with Crippen LogP contribution in [0, 0.1) is 6.92 Å². The van der Waals surface area contributed by atoms with Crippen LogP contribution >= 0.6 is 0 Å². The molecule has 26 heavy (non-hydrogen) atoms. The third-order valence-corrected chi connectivity index (χ3v) is 4.88. The fraction of sp³-hybridized carbons (Fsp3) is 0.300. The lowest BCUT2D eigenvalue weighted by Crippen LogP contribution is -2.40. The van der Waals surface area contributed by atoms with E-state index in [0.29, 0.717) is 18.5 Å². The van der Waals surface area contributed by atoms with Crippen LogP contribution in [-0.2, 0) is 0 Å². The number of aryl methyl sites for hydroxylation is 1. The number of H-pyrrole nitrogens is 1. The van der Waals surface area contributed by atoms with Gasteiger partial charge in [-0.1, -0.05) is 18.2 Å². The first-order valence-electron chi connectivity index (χ1n) is 8.67. The van der Waals surface area contributed by atoms with Crippen molar-refractivity contribution in [2.75, 3.05) is 19.7 Å². The third kappa shape index (κ3) is 3.15. The van der Waals surface area contributed by atoms with Crippen LogP contribution in [0.3, 0.4) is 0 Å². The number of aromatic nitrogens is 2. The van der Waals surface area contributed by atoms with Gasteiger partial charge in [0.25, 0.3) is 5.91 Å². The molecule has 4 rings (SSSR count). The Morgan fingerprint density at radius 3 is 3.04 bits per heavy atom. The van der Waals surface area contributed by atoms with Gasteiger partial charge in [0.15, 0.2) is 0 Å². The van der Waals surface area contributed by atoms with Crippen molar-refractivity contribution in [1.29, 1.82) is 0 Å². The van der Waals surface area contributed by atoms with E-state index in [2.05, 4.69) is 9.97 Å². The molecule has 1 amide bonds. The van der Waals surface area contributed by atoms with Crippen molar-refractivity contribution in [3.05, 3.63) is 59.9 Å². The average molecular weight is 351 g/mol. The van der Waals surface area contributed by atoms with Crippen LogP contribution in [0.25, 0.3) is 11.0 Å². The number of aromatic amines is 1. The van der Waals surface area contributed by atoms with E-state index in [4.69, 9.17) is 4.74 Å². The Labute approximate surface area is 151 Å². The van der Waals surface area contributed by atoms with Crippen molar-refractivity contribution in [2.24, 2.45) is 0 Å². The van der Waals surface area contributed by atoms with Gasteiger partial charge in [-0.2, -0.15) is 0 Å². The van der Waals surface area contributed by atoms with Gasteiger partial charge in [-0.25, -0.2) is 4.98 Å². The van der Waals surface area contributed by atoms with Crippen LogP contribution in [0.5, 0.6) is 5.75 Å². The van der Waals surface area contributed by atoms with Gasteiger partial charge in [-0.15, -0.1) is 0 Å². The highest BCUT2D eigenvalue weighted by atomic mass is 16.5. The average Bonchev–Trinajstić information content (AvgIpc) is 3.27. The minimum absolute atomic E-state index is 0.0895. The third-order valence-electron chi connectivity index (χ3n) is 4.88. The van der Waals surface area contributed by atoms with E-state index < -0.39 is 5.60 Å². The van der Waals surface area contributed by atoms with Gasteiger partial charge in [0.05, 0.1) is 23.9 Å². The number of β-amino-alcohol motifs (C(OH)–C–C–N with tert-alkyl or cyclic N) is 1. The van der Waals surface area contributed by atoms with E-state index in [0.717, 1.165) is 22.3 Å². The monoisotopic (exact) mass is 351 g/mol. The van der Waals surface area contributed by atoms with Crippen molar-refractivity contribution >= 4 is 16.9 Å². The molecule has 6 heteroatoms. The Hall–Kier alpha value is -2.86. The molecule has 1 aromatic heterocycles. The summed E-state index contributed by atoms with van der Waals surface area (Å²) in [6.07, 6.45) is 2.10. The molecule has 0 saturated carbocycles. The standard InChI is InChI=1S/C20H21N3O3/c1-14-4-2-3-5-18(14)26-12-20(25)8-9-23(11-20)19(24)15-6-7-16-17(10-15)22-13-21-16/h2-7,10,13,25H,8-9,11-12H2,1H3,(H,21,22)/t20-/m1/s1. The molecule has 0 aliphatic carbocycles. The van der Waals surface area contributed by atoms with Crippen molar-refractivity contribution in [3.8, 4) is 5.75 Å². The minimum atomic E-state index is -1.03. The zero-order valence-corrected chi connectivity index (χ0v) is 14.6. The van der Waals surface area contributed by atoms with E-state index in [1.165, 1.54) is 0 Å². The van der Waals surface area contributed by atoms with Gasteiger partial charge in [-0.05, 0) is 43.2 Å². The van der Waals surface area contributed by atoms with Gasteiger partial charge in [-0.3, -0.25) is 4.79 Å². The van der Waals surface area contributed by atoms with Gasteiger partial charge in [0.2, 0.25) is 0 Å². The summed E-state index contributed by atoms with van der Waals surface area (Å²) in [5.41, 5.74) is 2.23. The van der Waals surface area contributed by atoms with Crippen molar-refractivity contribution < 1.29 is 14.6 Å². The quantitative estimate of drug-likeness (QED) is 0.757. The molecule has 1 saturated heterocycles. The largest absolute Gasteiger partial charge is 0.490 e. The molecule has 6 nitrogen and oxygen atoms in total. The summed E-state index contributed by atoms with van der Waals surface area (Å²) in [5.74, 6) is 0.670. The van der Waals surface area contributed by atoms with E-state index in [9.17, 15) is 9.90 Å². The van der Waals surface area contributed by atoms with Gasteiger partial charge >= 0.3 is 0 Å². The number of carbonyl (C=O) groups is 1. The van der Waals surface area contributed by atoms with Crippen LogP contribution in [0.2, 0.25) is 0 Å². The number of nitrogens with zero attached hydrogens (tertiary/aromatic N) is 2. The van der Waals surface area contributed by atoms with Crippen LogP contribution in [0.4, 0.5) is 0 Å². The molecule has 1 aliphatic rings. The first-order chi connectivity index (χ1) is 12.5. The van der Waals surface area contributed by atoms with E-state index in [1.807, 2.05) is 37.3 Å². The van der Waals surface area contributed by atoms with Crippen LogP contribution in [-0.4, -0.2) is 51.2 Å². The molecular formula is C20H21N3O3. The molecule has 2 heterocycles. The summed E-state index contributed by atoms with van der Waals surface area (Å²) in [6.45, 7) is 2.91. The molecule has 0 unspecified atom stereocenters. The second-order valence-corrected chi connectivity index (χ2v) is 6.89. The Morgan fingerprint density at radius 2 is 2.19 bits per heavy atom. The number of nitrogens with one attached hydrogen (secondary N) is 1. The van der Waals surface area contributed by atoms with Crippen LogP contribution in [0.15, 0.2) is 48.8 Å². The van der Waals surface area contributed by atoms with E-state index >= 15 is 0 Å². The molecular weight excluding hydrogens is 330 g/mol. The number of ether oxygens (including phenoxy) is 1. The van der Waals surface area contributed by atoms with E-state index in [1.54, 1.807) is 23.4 Å². The summed E-state index contributed by atoms with van der Waals surface area (Å²) in [7, 11) is 0. The van der Waals surface area contributed by atoms with Crippen molar-refractivity contribution in [2.45, 2.75) is 18.9 Å². The normalized spacial score (nSPS) is 19.8. The SMILES string of the molecule is Cc1ccccc1OC[C@@]1(O)CCN(C(=O)c2ccc3nc[nH]c3c2)C1. The number of hydrogen-bond donors (Lipinski definition) is 2. The summed E-state index contributed by atoms with van der Waals surface area (Å²) >= 11 is 0. The lowest BCUT2D eigenvalue weighted by atomic mass is 10.1. The van der Waals surface area contributed by atoms with Gasteiger partial charge in [0, 0.05) is 12.1 Å².